The molecule has 0 saturated carbocycles. The number of rotatable bonds is 5. The zero-order chi connectivity index (χ0) is 16.4. The quantitative estimate of drug-likeness (QED) is 0.369. The molecule has 0 aromatic carbocycles. The minimum absolute atomic E-state index is 0.119. The average Bonchev–Trinajstić information content (AvgIpc) is 3.04. The standard InChI is InChI=1S/C8H12N2.C6H6N2O3S/c9-5-1-2-8-3-6-10-7-4-8;7-8-5(9)3-1-2-4(12-3)6(10)11/h3-4,6-7H,1-2,5,9H2;1-2H,7H2,(H,8,9)(H,10,11). The highest BCUT2D eigenvalue weighted by atomic mass is 32.1. The van der Waals surface area contributed by atoms with Crippen molar-refractivity contribution in [3.05, 3.63) is 52.0 Å². The van der Waals surface area contributed by atoms with Crippen molar-refractivity contribution in [3.63, 3.8) is 0 Å². The van der Waals surface area contributed by atoms with Crippen LogP contribution >= 0.6 is 11.3 Å². The Morgan fingerprint density at radius 3 is 2.32 bits per heavy atom. The van der Waals surface area contributed by atoms with Crippen molar-refractivity contribution >= 4 is 23.2 Å². The van der Waals surface area contributed by atoms with E-state index in [4.69, 9.17) is 16.7 Å². The van der Waals surface area contributed by atoms with E-state index in [-0.39, 0.29) is 9.75 Å². The van der Waals surface area contributed by atoms with Crippen LogP contribution < -0.4 is 17.0 Å². The van der Waals surface area contributed by atoms with E-state index in [0.29, 0.717) is 0 Å². The number of thiophene rings is 1. The molecular formula is C14H18N4O3S. The van der Waals surface area contributed by atoms with Crippen LogP contribution in [0.4, 0.5) is 0 Å². The van der Waals surface area contributed by atoms with Crippen LogP contribution in [0, 0.1) is 0 Å². The molecule has 0 aliphatic carbocycles. The largest absolute Gasteiger partial charge is 0.477 e. The minimum atomic E-state index is -1.05. The molecule has 0 radical (unpaired) electrons. The lowest BCUT2D eigenvalue weighted by Crippen LogP contribution is -2.29. The third-order valence-corrected chi connectivity index (χ3v) is 3.66. The van der Waals surface area contributed by atoms with Crippen LogP contribution in [0.2, 0.25) is 0 Å². The smallest absolute Gasteiger partial charge is 0.345 e. The van der Waals surface area contributed by atoms with Gasteiger partial charge in [0.05, 0.1) is 4.88 Å². The van der Waals surface area contributed by atoms with Crippen molar-refractivity contribution in [2.75, 3.05) is 6.54 Å². The van der Waals surface area contributed by atoms with Crippen molar-refractivity contribution in [3.8, 4) is 0 Å². The maximum Gasteiger partial charge on any atom is 0.345 e. The normalized spacial score (nSPS) is 9.55. The van der Waals surface area contributed by atoms with Crippen molar-refractivity contribution in [2.24, 2.45) is 11.6 Å². The van der Waals surface area contributed by atoms with Crippen LogP contribution in [0.25, 0.3) is 0 Å². The summed E-state index contributed by atoms with van der Waals surface area (Å²) in [6.45, 7) is 0.766. The van der Waals surface area contributed by atoms with E-state index >= 15 is 0 Å². The fraction of sp³-hybridized carbons (Fsp3) is 0.214. The van der Waals surface area contributed by atoms with E-state index in [2.05, 4.69) is 4.98 Å². The molecule has 0 aliphatic rings. The highest BCUT2D eigenvalue weighted by Gasteiger charge is 2.10. The first-order chi connectivity index (χ1) is 10.6. The molecule has 118 valence electrons. The van der Waals surface area contributed by atoms with Gasteiger partial charge < -0.3 is 10.8 Å². The summed E-state index contributed by atoms with van der Waals surface area (Å²) in [5.41, 5.74) is 8.59. The number of carboxylic acids is 1. The van der Waals surface area contributed by atoms with Crippen LogP contribution in [0.15, 0.2) is 36.7 Å². The number of pyridine rings is 1. The molecule has 0 aliphatic heterocycles. The Hall–Kier alpha value is -2.29. The summed E-state index contributed by atoms with van der Waals surface area (Å²) in [5.74, 6) is 3.32. The third-order valence-electron chi connectivity index (χ3n) is 2.59. The van der Waals surface area contributed by atoms with Gasteiger partial charge in [-0.15, -0.1) is 11.3 Å². The Labute approximate surface area is 131 Å². The molecule has 8 heteroatoms. The van der Waals surface area contributed by atoms with Gasteiger partial charge in [-0.3, -0.25) is 15.2 Å². The lowest BCUT2D eigenvalue weighted by molar-refractivity contribution is 0.0702. The average molecular weight is 322 g/mol. The molecule has 2 rings (SSSR count). The number of aryl methyl sites for hydroxylation is 1. The van der Waals surface area contributed by atoms with Crippen molar-refractivity contribution in [1.82, 2.24) is 10.4 Å². The molecule has 0 fully saturated rings. The molecule has 7 nitrogen and oxygen atoms in total. The van der Waals surface area contributed by atoms with Gasteiger partial charge in [0.2, 0.25) is 0 Å². The highest BCUT2D eigenvalue weighted by molar-refractivity contribution is 7.15. The van der Waals surface area contributed by atoms with Gasteiger partial charge in [0.1, 0.15) is 4.88 Å². The predicted octanol–water partition coefficient (Wildman–Crippen LogP) is 1.02. The van der Waals surface area contributed by atoms with Gasteiger partial charge in [-0.1, -0.05) is 0 Å². The molecule has 22 heavy (non-hydrogen) atoms. The summed E-state index contributed by atoms with van der Waals surface area (Å²) in [5, 5.41) is 8.50. The van der Waals surface area contributed by atoms with E-state index in [9.17, 15) is 9.59 Å². The summed E-state index contributed by atoms with van der Waals surface area (Å²) < 4.78 is 0. The van der Waals surface area contributed by atoms with E-state index < -0.39 is 11.9 Å². The van der Waals surface area contributed by atoms with Gasteiger partial charge in [-0.2, -0.15) is 0 Å². The lowest BCUT2D eigenvalue weighted by atomic mass is 10.1. The monoisotopic (exact) mass is 322 g/mol. The summed E-state index contributed by atoms with van der Waals surface area (Å²) in [6.07, 6.45) is 5.75. The molecule has 2 heterocycles. The maximum absolute atomic E-state index is 10.8. The highest BCUT2D eigenvalue weighted by Crippen LogP contribution is 2.15. The summed E-state index contributed by atoms with van der Waals surface area (Å²) in [6, 6.07) is 6.82. The molecule has 2 aromatic rings. The first-order valence-corrected chi connectivity index (χ1v) is 7.33. The number of hydrogen-bond donors (Lipinski definition) is 4. The summed E-state index contributed by atoms with van der Waals surface area (Å²) >= 11 is 0.882. The van der Waals surface area contributed by atoms with Crippen molar-refractivity contribution in [2.45, 2.75) is 12.8 Å². The number of nitrogens with two attached hydrogens (primary N) is 2. The molecule has 1 amide bonds. The second-order valence-electron chi connectivity index (χ2n) is 4.19. The number of aromatic nitrogens is 1. The van der Waals surface area contributed by atoms with Gasteiger partial charge in [-0.25, -0.2) is 10.6 Å². The molecule has 0 unspecified atom stereocenters. The Kier molecular flexibility index (Phi) is 7.76. The van der Waals surface area contributed by atoms with Gasteiger partial charge in [-0.05, 0) is 49.2 Å². The number of nitrogen functional groups attached to an aromatic ring is 1. The number of hydrazine groups is 1. The Balaban J connectivity index is 0.000000224. The number of nitrogens with zero attached hydrogens (tertiary/aromatic N) is 1. The zero-order valence-corrected chi connectivity index (χ0v) is 12.7. The number of aromatic carboxylic acids is 1. The molecule has 6 N–H and O–H groups in total. The summed E-state index contributed by atoms with van der Waals surface area (Å²) in [7, 11) is 0. The Morgan fingerprint density at radius 2 is 1.82 bits per heavy atom. The predicted molar refractivity (Wildman–Crippen MR) is 84.5 cm³/mol. The Bertz CT molecular complexity index is 601. The van der Waals surface area contributed by atoms with Crippen molar-refractivity contribution < 1.29 is 14.7 Å². The SMILES string of the molecule is NCCCc1ccncc1.NNC(=O)c1ccc(C(=O)O)s1. The van der Waals surface area contributed by atoms with Crippen LogP contribution in [0.1, 0.15) is 31.3 Å². The molecule has 0 atom stereocenters. The maximum atomic E-state index is 10.8. The first-order valence-electron chi connectivity index (χ1n) is 6.51. The number of amides is 1. The van der Waals surface area contributed by atoms with E-state index in [1.807, 2.05) is 30.0 Å². The number of carboxylic acid groups (broad SMARTS) is 1. The number of hydrogen-bond acceptors (Lipinski definition) is 6. The van der Waals surface area contributed by atoms with Crippen LogP contribution in [0.3, 0.4) is 0 Å². The molecule has 2 aromatic heterocycles. The fourth-order valence-electron chi connectivity index (χ4n) is 1.50. The third kappa shape index (κ3) is 6.00. The molecule has 0 saturated heterocycles. The molecular weight excluding hydrogens is 304 g/mol. The second kappa shape index (κ2) is 9.61. The van der Waals surface area contributed by atoms with Gasteiger partial charge in [0.15, 0.2) is 0 Å². The second-order valence-corrected chi connectivity index (χ2v) is 5.27. The van der Waals surface area contributed by atoms with Crippen molar-refractivity contribution in [1.29, 1.82) is 0 Å². The zero-order valence-electron chi connectivity index (χ0n) is 11.9. The van der Waals surface area contributed by atoms with E-state index in [1.165, 1.54) is 17.7 Å². The summed E-state index contributed by atoms with van der Waals surface area (Å²) in [4.78, 5) is 25.5. The first kappa shape index (κ1) is 17.8. The van der Waals surface area contributed by atoms with Crippen LogP contribution in [-0.2, 0) is 6.42 Å². The van der Waals surface area contributed by atoms with Crippen LogP contribution in [-0.4, -0.2) is 28.5 Å². The Morgan fingerprint density at radius 1 is 1.18 bits per heavy atom. The number of nitrogens with one attached hydrogen (secondary N) is 1. The topological polar surface area (TPSA) is 131 Å². The fourth-order valence-corrected chi connectivity index (χ4v) is 2.25. The minimum Gasteiger partial charge on any atom is -0.477 e. The van der Waals surface area contributed by atoms with Gasteiger partial charge in [0.25, 0.3) is 5.91 Å². The van der Waals surface area contributed by atoms with E-state index in [0.717, 1.165) is 30.7 Å². The lowest BCUT2D eigenvalue weighted by Gasteiger charge is -1.96. The van der Waals surface area contributed by atoms with Crippen LogP contribution in [0.5, 0.6) is 0 Å². The molecule has 0 spiro atoms. The van der Waals surface area contributed by atoms with Gasteiger partial charge >= 0.3 is 5.97 Å². The molecule has 0 bridgehead atoms. The number of carbonyl (C=O) groups excluding carboxylic acids is 1. The van der Waals surface area contributed by atoms with Gasteiger partial charge in [0, 0.05) is 12.4 Å². The number of carbonyl (C=O) groups is 2. The van der Waals surface area contributed by atoms with E-state index in [1.54, 1.807) is 0 Å².